The molecule has 244 valence electrons. The zero-order chi connectivity index (χ0) is 32.5. The van der Waals surface area contributed by atoms with Crippen molar-refractivity contribution in [2.75, 3.05) is 37.7 Å². The van der Waals surface area contributed by atoms with Crippen LogP contribution in [0.3, 0.4) is 0 Å². The Morgan fingerprint density at radius 1 is 1.15 bits per heavy atom. The fourth-order valence-electron chi connectivity index (χ4n) is 6.95. The molecule has 0 unspecified atom stereocenters. The summed E-state index contributed by atoms with van der Waals surface area (Å²) in [6.45, 7) is 13.5. The van der Waals surface area contributed by atoms with Gasteiger partial charge in [0.2, 0.25) is 5.95 Å². The third-order valence-electron chi connectivity index (χ3n) is 9.36. The summed E-state index contributed by atoms with van der Waals surface area (Å²) in [7, 11) is 1.93. The van der Waals surface area contributed by atoms with Crippen molar-refractivity contribution < 1.29 is 23.8 Å². The second-order valence-corrected chi connectivity index (χ2v) is 14.5. The number of benzene rings is 1. The van der Waals surface area contributed by atoms with E-state index in [1.54, 1.807) is 6.92 Å². The summed E-state index contributed by atoms with van der Waals surface area (Å²) in [5, 5.41) is 12.0. The molecule has 2 fully saturated rings. The first kappa shape index (κ1) is 31.0. The van der Waals surface area contributed by atoms with Crippen molar-refractivity contribution in [3.63, 3.8) is 0 Å². The molecule has 10 nitrogen and oxygen atoms in total. The average Bonchev–Trinajstić information content (AvgIpc) is 3.67. The Hall–Kier alpha value is -3.61. The van der Waals surface area contributed by atoms with Crippen LogP contribution >= 0.6 is 11.5 Å². The lowest BCUT2D eigenvalue weighted by atomic mass is 9.86. The normalized spacial score (nSPS) is 18.1. The zero-order valence-corrected chi connectivity index (χ0v) is 28.1. The van der Waals surface area contributed by atoms with Gasteiger partial charge in [0.1, 0.15) is 5.65 Å². The summed E-state index contributed by atoms with van der Waals surface area (Å²) in [5.74, 6) is -0.585. The number of aliphatic carboxylic acids is 1. The van der Waals surface area contributed by atoms with Crippen LogP contribution in [0.2, 0.25) is 0 Å². The smallest absolute Gasteiger partial charge is 0.337 e. The summed E-state index contributed by atoms with van der Waals surface area (Å²) in [6.07, 6.45) is 2.74. The highest BCUT2D eigenvalue weighted by Crippen LogP contribution is 2.46. The third kappa shape index (κ3) is 5.54. The predicted molar refractivity (Wildman–Crippen MR) is 176 cm³/mol. The lowest BCUT2D eigenvalue weighted by Crippen LogP contribution is -2.47. The second-order valence-electron chi connectivity index (χ2n) is 13.7. The number of halogens is 1. The first-order valence-electron chi connectivity index (χ1n) is 16.1. The number of piperazine rings is 1. The van der Waals surface area contributed by atoms with E-state index >= 15 is 4.39 Å². The number of rotatable bonds is 7. The van der Waals surface area contributed by atoms with E-state index in [0.717, 1.165) is 66.4 Å². The van der Waals surface area contributed by atoms with Crippen molar-refractivity contribution in [3.05, 3.63) is 40.3 Å². The van der Waals surface area contributed by atoms with Gasteiger partial charge in [-0.25, -0.2) is 14.2 Å². The molecular formula is C34H41FN6O4S. The topological polar surface area (TPSA) is 106 Å². The van der Waals surface area contributed by atoms with Crippen LogP contribution in [0.25, 0.3) is 32.9 Å². The molecule has 1 aliphatic carbocycles. The van der Waals surface area contributed by atoms with E-state index < -0.39 is 23.5 Å². The minimum atomic E-state index is -1.33. The number of aryl methyl sites for hydroxylation is 2. The van der Waals surface area contributed by atoms with E-state index in [9.17, 15) is 9.90 Å². The van der Waals surface area contributed by atoms with Crippen LogP contribution in [0.1, 0.15) is 68.5 Å². The van der Waals surface area contributed by atoms with E-state index in [1.165, 1.54) is 30.4 Å². The van der Waals surface area contributed by atoms with Gasteiger partial charge in [0, 0.05) is 67.0 Å². The number of anilines is 1. The lowest BCUT2D eigenvalue weighted by Gasteiger charge is -2.34. The molecule has 5 heterocycles. The maximum atomic E-state index is 15.7. The van der Waals surface area contributed by atoms with Crippen molar-refractivity contribution in [3.8, 4) is 27.6 Å². The van der Waals surface area contributed by atoms with Crippen molar-refractivity contribution in [2.24, 2.45) is 7.05 Å². The summed E-state index contributed by atoms with van der Waals surface area (Å²) < 4.78 is 34.4. The number of aromatic nitrogens is 4. The Morgan fingerprint density at radius 3 is 2.57 bits per heavy atom. The van der Waals surface area contributed by atoms with E-state index in [1.807, 2.05) is 45.4 Å². The number of fused-ring (bicyclic) bond motifs is 2. The fourth-order valence-corrected chi connectivity index (χ4v) is 7.69. The van der Waals surface area contributed by atoms with Crippen molar-refractivity contribution in [1.82, 2.24) is 23.8 Å². The number of hydrogen-bond acceptors (Lipinski definition) is 9. The maximum absolute atomic E-state index is 15.7. The van der Waals surface area contributed by atoms with Crippen LogP contribution in [0.4, 0.5) is 10.3 Å². The first-order chi connectivity index (χ1) is 21.9. The molecule has 1 atom stereocenters. The molecule has 1 N–H and O–H groups in total. The van der Waals surface area contributed by atoms with Crippen molar-refractivity contribution in [2.45, 2.75) is 78.0 Å². The molecule has 12 heteroatoms. The molecular weight excluding hydrogens is 607 g/mol. The predicted octanol–water partition coefficient (Wildman–Crippen LogP) is 6.06. The molecule has 1 aromatic carbocycles. The fraction of sp³-hybridized carbons (Fsp3) is 0.529. The van der Waals surface area contributed by atoms with Crippen LogP contribution in [-0.4, -0.2) is 79.3 Å². The molecule has 0 radical (unpaired) electrons. The van der Waals surface area contributed by atoms with Crippen molar-refractivity contribution >= 4 is 34.5 Å². The molecule has 0 spiro atoms. The molecule has 4 aromatic rings. The molecule has 3 aliphatic rings. The van der Waals surface area contributed by atoms with E-state index in [-0.39, 0.29) is 5.75 Å². The largest absolute Gasteiger partial charge is 0.490 e. The first-order valence-corrected chi connectivity index (χ1v) is 16.9. The van der Waals surface area contributed by atoms with Gasteiger partial charge in [-0.3, -0.25) is 4.90 Å². The van der Waals surface area contributed by atoms with Gasteiger partial charge in [0.25, 0.3) is 0 Å². The van der Waals surface area contributed by atoms with E-state index in [0.29, 0.717) is 46.4 Å². The van der Waals surface area contributed by atoms with Crippen LogP contribution in [0.15, 0.2) is 12.1 Å². The number of carboxylic acid groups (broad SMARTS) is 1. The quantitative estimate of drug-likeness (QED) is 0.256. The molecule has 46 heavy (non-hydrogen) atoms. The number of pyridine rings is 1. The summed E-state index contributed by atoms with van der Waals surface area (Å²) in [5.41, 5.74) is 4.50. The third-order valence-corrected chi connectivity index (χ3v) is 10.1. The molecule has 2 aliphatic heterocycles. The Kier molecular flexibility index (Phi) is 7.80. The van der Waals surface area contributed by atoms with E-state index in [4.69, 9.17) is 23.8 Å². The number of carbonyl (C=O) groups is 1. The molecule has 1 saturated carbocycles. The summed E-state index contributed by atoms with van der Waals surface area (Å²) in [4.78, 5) is 27.6. The van der Waals surface area contributed by atoms with Crippen molar-refractivity contribution in [1.29, 1.82) is 0 Å². The lowest BCUT2D eigenvalue weighted by molar-refractivity contribution is -0.160. The highest BCUT2D eigenvalue weighted by molar-refractivity contribution is 7.09. The minimum absolute atomic E-state index is 0.282. The number of hydrogen-bond donors (Lipinski definition) is 1. The summed E-state index contributed by atoms with van der Waals surface area (Å²) in [6, 6.07) is 4.21. The Labute approximate surface area is 272 Å². The van der Waals surface area contributed by atoms with Gasteiger partial charge < -0.3 is 24.0 Å². The van der Waals surface area contributed by atoms with Gasteiger partial charge in [-0.05, 0) is 95.1 Å². The highest BCUT2D eigenvalue weighted by atomic mass is 32.1. The van der Waals surface area contributed by atoms with Crippen LogP contribution < -0.4 is 9.64 Å². The number of carboxylic acids is 1. The van der Waals surface area contributed by atoms with Gasteiger partial charge in [-0.1, -0.05) is 0 Å². The van der Waals surface area contributed by atoms with Gasteiger partial charge in [-0.2, -0.15) is 9.36 Å². The van der Waals surface area contributed by atoms with Gasteiger partial charge in [-0.15, -0.1) is 0 Å². The Morgan fingerprint density at radius 2 is 1.89 bits per heavy atom. The Balaban J connectivity index is 1.39. The SMILES string of the molecule is Cc1nc2c(cc(-c3nc(N4CCN(C5CC5)CC4)ns3)n2C)c(-c2cc(F)c3c(c2C)CCCO3)c1[C@H](OC(C)(C)C)C(=O)O. The minimum Gasteiger partial charge on any atom is -0.490 e. The zero-order valence-electron chi connectivity index (χ0n) is 27.3. The molecule has 0 bridgehead atoms. The van der Waals surface area contributed by atoms with E-state index in [2.05, 4.69) is 9.80 Å². The van der Waals surface area contributed by atoms with Gasteiger partial charge in [0.05, 0.1) is 17.9 Å². The van der Waals surface area contributed by atoms with Gasteiger partial charge in [0.15, 0.2) is 22.7 Å². The van der Waals surface area contributed by atoms with Crippen LogP contribution in [-0.2, 0) is 23.0 Å². The molecule has 1 saturated heterocycles. The van der Waals surface area contributed by atoms with Gasteiger partial charge >= 0.3 is 5.97 Å². The average molecular weight is 649 g/mol. The van der Waals surface area contributed by atoms with Crippen LogP contribution in [0, 0.1) is 19.7 Å². The van der Waals surface area contributed by atoms with Crippen LogP contribution in [0.5, 0.6) is 5.75 Å². The number of ether oxygens (including phenoxy) is 2. The highest BCUT2D eigenvalue weighted by Gasteiger charge is 2.35. The molecule has 7 rings (SSSR count). The Bertz CT molecular complexity index is 1830. The summed E-state index contributed by atoms with van der Waals surface area (Å²) >= 11 is 1.34. The second kappa shape index (κ2) is 11.6. The maximum Gasteiger partial charge on any atom is 0.337 e. The molecule has 0 amide bonds. The monoisotopic (exact) mass is 648 g/mol. The standard InChI is InChI=1S/C34H41FN6O4S/c1-18-21-8-7-15-44-28(21)24(35)16-22(18)27-23-17-25(31-37-33(38-46-31)41-13-11-40(12-14-41)20-9-10-20)39(6)30(23)36-19(2)26(27)29(32(42)43)45-34(3,4)5/h16-17,20,29H,7-15H2,1-6H3,(H,42,43)/t29-/m0/s1. The molecule has 3 aromatic heterocycles. The number of nitrogens with zero attached hydrogens (tertiary/aromatic N) is 6.